The minimum atomic E-state index is 0.606. The predicted molar refractivity (Wildman–Crippen MR) is 152 cm³/mol. The molecule has 0 fully saturated rings. The molecule has 0 aliphatic carbocycles. The molecule has 36 heavy (non-hydrogen) atoms. The first-order chi connectivity index (χ1) is 17.7. The lowest BCUT2D eigenvalue weighted by Crippen LogP contribution is -1.94. The van der Waals surface area contributed by atoms with Gasteiger partial charge < -0.3 is 9.13 Å². The van der Waals surface area contributed by atoms with Crippen molar-refractivity contribution >= 4 is 55.0 Å². The summed E-state index contributed by atoms with van der Waals surface area (Å²) >= 11 is 0. The van der Waals surface area contributed by atoms with Gasteiger partial charge in [0, 0.05) is 32.9 Å². The highest BCUT2D eigenvalue weighted by Crippen LogP contribution is 2.33. The number of allylic oxidation sites excluding steroid dienone is 6. The van der Waals surface area contributed by atoms with E-state index in [1.807, 2.05) is 18.2 Å². The average Bonchev–Trinajstić information content (AvgIpc) is 3.44. The zero-order valence-electron chi connectivity index (χ0n) is 20.3. The topological polar surface area (TPSA) is 33.6 Å². The van der Waals surface area contributed by atoms with Crippen LogP contribution in [-0.4, -0.2) is 9.13 Å². The van der Waals surface area contributed by atoms with Crippen LogP contribution >= 0.6 is 0 Å². The van der Waals surface area contributed by atoms with Crippen molar-refractivity contribution in [3.05, 3.63) is 121 Å². The zero-order valence-corrected chi connectivity index (χ0v) is 20.3. The third kappa shape index (κ3) is 3.43. The molecule has 0 radical (unpaired) electrons. The van der Waals surface area contributed by atoms with Crippen LogP contribution in [0, 0.1) is 11.3 Å². The smallest absolute Gasteiger partial charge is 0.0992 e. The van der Waals surface area contributed by atoms with Gasteiger partial charge in [-0.2, -0.15) is 5.26 Å². The van der Waals surface area contributed by atoms with Crippen LogP contribution in [0.1, 0.15) is 13.8 Å². The van der Waals surface area contributed by atoms with Gasteiger partial charge in [-0.25, -0.2) is 0 Å². The summed E-state index contributed by atoms with van der Waals surface area (Å²) in [4.78, 5) is 0. The van der Waals surface area contributed by atoms with Crippen LogP contribution in [-0.2, 0) is 0 Å². The number of nitrogens with zero attached hydrogens (tertiary/aromatic N) is 3. The summed E-state index contributed by atoms with van der Waals surface area (Å²) in [7, 11) is 0. The Labute approximate surface area is 210 Å². The molecule has 0 saturated heterocycles. The fourth-order valence-corrected chi connectivity index (χ4v) is 5.30. The molecule has 6 rings (SSSR count). The zero-order chi connectivity index (χ0) is 24.6. The lowest BCUT2D eigenvalue weighted by Gasteiger charge is -2.08. The van der Waals surface area contributed by atoms with Gasteiger partial charge in [0.25, 0.3) is 0 Å². The molecule has 0 saturated carbocycles. The van der Waals surface area contributed by atoms with Crippen LogP contribution in [0.25, 0.3) is 55.0 Å². The maximum atomic E-state index is 9.98. The molecule has 0 aliphatic rings. The van der Waals surface area contributed by atoms with Gasteiger partial charge in [-0.05, 0) is 56.3 Å². The van der Waals surface area contributed by atoms with Crippen molar-refractivity contribution < 1.29 is 0 Å². The molecule has 172 valence electrons. The van der Waals surface area contributed by atoms with Gasteiger partial charge in [-0.1, -0.05) is 72.8 Å². The quantitative estimate of drug-likeness (QED) is 0.190. The van der Waals surface area contributed by atoms with Crippen molar-refractivity contribution in [1.82, 2.24) is 9.13 Å². The summed E-state index contributed by atoms with van der Waals surface area (Å²) in [5.41, 5.74) is 7.27. The van der Waals surface area contributed by atoms with Gasteiger partial charge in [0.2, 0.25) is 0 Å². The molecule has 3 nitrogen and oxygen atoms in total. The van der Waals surface area contributed by atoms with Crippen molar-refractivity contribution in [1.29, 1.82) is 5.26 Å². The Morgan fingerprint density at radius 1 is 0.556 bits per heavy atom. The third-order valence-corrected chi connectivity index (χ3v) is 6.86. The lowest BCUT2D eigenvalue weighted by atomic mass is 10.2. The van der Waals surface area contributed by atoms with Crippen LogP contribution in [0.4, 0.5) is 0 Å². The Hall–Kier alpha value is -4.81. The highest BCUT2D eigenvalue weighted by molar-refractivity contribution is 6.11. The van der Waals surface area contributed by atoms with Gasteiger partial charge >= 0.3 is 0 Å². The van der Waals surface area contributed by atoms with Gasteiger partial charge in [-0.3, -0.25) is 0 Å². The molecular weight excluding hydrogens is 438 g/mol. The van der Waals surface area contributed by atoms with Crippen LogP contribution in [0.3, 0.4) is 0 Å². The van der Waals surface area contributed by atoms with E-state index >= 15 is 0 Å². The minimum absolute atomic E-state index is 0.606. The normalized spacial score (nSPS) is 13.2. The number of hydrogen-bond acceptors (Lipinski definition) is 1. The van der Waals surface area contributed by atoms with E-state index in [-0.39, 0.29) is 0 Å². The summed E-state index contributed by atoms with van der Waals surface area (Å²) in [5.74, 6) is 0. The Bertz CT molecular complexity index is 1810. The number of fused-ring (bicyclic) bond motifs is 6. The molecule has 0 amide bonds. The summed E-state index contributed by atoms with van der Waals surface area (Å²) < 4.78 is 4.50. The number of hydrogen-bond donors (Lipinski definition) is 0. The van der Waals surface area contributed by atoms with Gasteiger partial charge in [0.15, 0.2) is 0 Å². The van der Waals surface area contributed by atoms with Crippen molar-refractivity contribution in [3.63, 3.8) is 0 Å². The molecule has 0 N–H and O–H groups in total. The summed E-state index contributed by atoms with van der Waals surface area (Å²) in [6.45, 7) is 4.15. The molecule has 6 aromatic rings. The van der Waals surface area contributed by atoms with Crippen LogP contribution in [0.5, 0.6) is 0 Å². The summed E-state index contributed by atoms with van der Waals surface area (Å²) in [5, 5.41) is 14.9. The Morgan fingerprint density at radius 2 is 0.917 bits per heavy atom. The van der Waals surface area contributed by atoms with E-state index in [9.17, 15) is 5.26 Å². The van der Waals surface area contributed by atoms with Crippen molar-refractivity contribution in [2.75, 3.05) is 0 Å². The average molecular weight is 464 g/mol. The molecule has 0 unspecified atom stereocenters. The number of rotatable bonds is 4. The fraction of sp³-hybridized carbons (Fsp3) is 0.0606. The lowest BCUT2D eigenvalue weighted by molar-refractivity contribution is 1.19. The number of para-hydroxylation sites is 4. The van der Waals surface area contributed by atoms with E-state index in [1.54, 1.807) is 0 Å². The van der Waals surface area contributed by atoms with Gasteiger partial charge in [0.05, 0.1) is 33.7 Å². The molecular formula is C33H25N3. The van der Waals surface area contributed by atoms with E-state index in [0.29, 0.717) is 5.57 Å². The highest BCUT2D eigenvalue weighted by Gasteiger charge is 2.12. The van der Waals surface area contributed by atoms with Crippen molar-refractivity contribution in [3.8, 4) is 6.07 Å². The van der Waals surface area contributed by atoms with Crippen molar-refractivity contribution in [2.24, 2.45) is 0 Å². The SMILES string of the molecule is C\C(=C/C=C(C#N)\C=C(/C)n1c2ccccc2c2ccccc21)n1c2ccccc2c2ccccc21. The number of aromatic nitrogens is 2. The van der Waals surface area contributed by atoms with Crippen molar-refractivity contribution in [2.45, 2.75) is 13.8 Å². The largest absolute Gasteiger partial charge is 0.313 e. The second-order valence-corrected chi connectivity index (χ2v) is 9.07. The van der Waals surface area contributed by atoms with E-state index in [2.05, 4.69) is 126 Å². The van der Waals surface area contributed by atoms with Gasteiger partial charge in [-0.15, -0.1) is 0 Å². The Kier molecular flexibility index (Phi) is 5.28. The molecule has 0 atom stereocenters. The first-order valence-electron chi connectivity index (χ1n) is 12.1. The first kappa shape index (κ1) is 21.7. The molecule has 2 aromatic heterocycles. The molecule has 0 bridgehead atoms. The minimum Gasteiger partial charge on any atom is -0.313 e. The maximum absolute atomic E-state index is 9.98. The predicted octanol–water partition coefficient (Wildman–Crippen LogP) is 8.77. The van der Waals surface area contributed by atoms with Crippen LogP contribution in [0.2, 0.25) is 0 Å². The second kappa shape index (κ2) is 8.76. The monoisotopic (exact) mass is 463 g/mol. The highest BCUT2D eigenvalue weighted by atomic mass is 15.0. The molecule has 0 spiro atoms. The van der Waals surface area contributed by atoms with E-state index in [4.69, 9.17) is 0 Å². The Morgan fingerprint density at radius 3 is 1.31 bits per heavy atom. The fourth-order valence-electron chi connectivity index (χ4n) is 5.30. The molecule has 4 aromatic carbocycles. The maximum Gasteiger partial charge on any atom is 0.0992 e. The summed E-state index contributed by atoms with van der Waals surface area (Å²) in [6.07, 6.45) is 5.91. The van der Waals surface area contributed by atoms with E-state index in [0.717, 1.165) is 33.5 Å². The van der Waals surface area contributed by atoms with Crippen LogP contribution in [0.15, 0.2) is 121 Å². The third-order valence-electron chi connectivity index (χ3n) is 6.86. The molecule has 0 aliphatic heterocycles. The standard InChI is InChI=1S/C33H25N3/c1-23(35-30-15-7-3-11-26(30)27-12-4-8-16-31(27)35)19-20-25(22-34)21-24(2)36-32-17-9-5-13-28(32)29-14-6-10-18-33(29)36/h3-21H,1-2H3/b23-19+,24-21+,25-20+. The first-order valence-corrected chi connectivity index (χ1v) is 12.1. The van der Waals surface area contributed by atoms with Gasteiger partial charge in [0.1, 0.15) is 0 Å². The molecule has 3 heteroatoms. The number of nitriles is 1. The Balaban J connectivity index is 1.46. The van der Waals surface area contributed by atoms with E-state index in [1.165, 1.54) is 21.5 Å². The van der Waals surface area contributed by atoms with Crippen LogP contribution < -0.4 is 0 Å². The summed E-state index contributed by atoms with van der Waals surface area (Å²) in [6, 6.07) is 36.1. The molecule has 2 heterocycles. The second-order valence-electron chi connectivity index (χ2n) is 9.07. The van der Waals surface area contributed by atoms with E-state index < -0.39 is 0 Å². The number of benzene rings is 4.